The van der Waals surface area contributed by atoms with Crippen molar-refractivity contribution in [3.63, 3.8) is 0 Å². The van der Waals surface area contributed by atoms with Crippen LogP contribution in [0.2, 0.25) is 0 Å². The van der Waals surface area contributed by atoms with Crippen molar-refractivity contribution in [3.8, 4) is 0 Å². The first-order valence-corrected chi connectivity index (χ1v) is 9.67. The summed E-state index contributed by atoms with van der Waals surface area (Å²) in [6.07, 6.45) is 4.91. The normalized spacial score (nSPS) is 16.9. The Balaban J connectivity index is 1.41. The topological polar surface area (TPSA) is 81.7 Å². The maximum absolute atomic E-state index is 12.7. The average Bonchev–Trinajstić information content (AvgIpc) is 3.29. The summed E-state index contributed by atoms with van der Waals surface area (Å²) in [5.41, 5.74) is 2.46. The molecule has 2 amide bonds. The van der Waals surface area contributed by atoms with E-state index in [2.05, 4.69) is 32.3 Å². The van der Waals surface area contributed by atoms with Crippen LogP contribution in [0.25, 0.3) is 0 Å². The monoisotopic (exact) mass is 380 g/mol. The molecule has 0 spiro atoms. The van der Waals surface area contributed by atoms with Crippen LogP contribution in [0, 0.1) is 0 Å². The number of anilines is 3. The van der Waals surface area contributed by atoms with E-state index in [1.54, 1.807) is 22.1 Å². The van der Waals surface area contributed by atoms with Crippen molar-refractivity contribution in [1.82, 2.24) is 19.8 Å². The minimum atomic E-state index is -0.139. The molecule has 2 aliphatic heterocycles. The highest BCUT2D eigenvalue weighted by atomic mass is 16.2. The SMILES string of the molecule is O=CN1CCN(C(=O)c2ccnc(Nc3ccc(N4CCCC4)cc3)n2)CC1. The Morgan fingerprint density at radius 2 is 1.68 bits per heavy atom. The Morgan fingerprint density at radius 1 is 0.964 bits per heavy atom. The minimum absolute atomic E-state index is 0.139. The molecule has 0 radical (unpaired) electrons. The molecule has 0 unspecified atom stereocenters. The van der Waals surface area contributed by atoms with E-state index in [1.165, 1.54) is 18.5 Å². The van der Waals surface area contributed by atoms with Gasteiger partial charge in [0.15, 0.2) is 0 Å². The zero-order chi connectivity index (χ0) is 19.3. The summed E-state index contributed by atoms with van der Waals surface area (Å²) in [7, 11) is 0. The molecule has 0 bridgehead atoms. The van der Waals surface area contributed by atoms with Gasteiger partial charge < -0.3 is 20.0 Å². The molecule has 0 atom stereocenters. The quantitative estimate of drug-likeness (QED) is 0.796. The fourth-order valence-corrected chi connectivity index (χ4v) is 3.59. The maximum Gasteiger partial charge on any atom is 0.272 e. The second kappa shape index (κ2) is 8.24. The number of rotatable bonds is 5. The van der Waals surface area contributed by atoms with Crippen molar-refractivity contribution in [1.29, 1.82) is 0 Å². The van der Waals surface area contributed by atoms with Crippen LogP contribution in [0.5, 0.6) is 0 Å². The van der Waals surface area contributed by atoms with Crippen molar-refractivity contribution < 1.29 is 9.59 Å². The van der Waals surface area contributed by atoms with Gasteiger partial charge in [-0.2, -0.15) is 0 Å². The van der Waals surface area contributed by atoms with Gasteiger partial charge in [0.05, 0.1) is 0 Å². The van der Waals surface area contributed by atoms with Gasteiger partial charge in [-0.25, -0.2) is 9.97 Å². The molecule has 1 aromatic carbocycles. The molecule has 8 heteroatoms. The minimum Gasteiger partial charge on any atom is -0.372 e. The molecule has 2 aromatic rings. The number of benzene rings is 1. The lowest BCUT2D eigenvalue weighted by molar-refractivity contribution is -0.119. The van der Waals surface area contributed by atoms with E-state index in [1.807, 2.05) is 12.1 Å². The van der Waals surface area contributed by atoms with Gasteiger partial charge in [-0.15, -0.1) is 0 Å². The predicted molar refractivity (Wildman–Crippen MR) is 107 cm³/mol. The number of carbonyl (C=O) groups excluding carboxylic acids is 2. The number of nitrogens with one attached hydrogen (secondary N) is 1. The predicted octanol–water partition coefficient (Wildman–Crippen LogP) is 1.73. The van der Waals surface area contributed by atoms with Crippen molar-refractivity contribution in [3.05, 3.63) is 42.2 Å². The molecule has 3 heterocycles. The number of hydrogen-bond acceptors (Lipinski definition) is 6. The zero-order valence-corrected chi connectivity index (χ0v) is 15.8. The van der Waals surface area contributed by atoms with Gasteiger partial charge in [0.2, 0.25) is 12.4 Å². The third kappa shape index (κ3) is 4.05. The van der Waals surface area contributed by atoms with E-state index in [4.69, 9.17) is 0 Å². The lowest BCUT2D eigenvalue weighted by Gasteiger charge is -2.32. The molecule has 2 aliphatic rings. The van der Waals surface area contributed by atoms with Crippen molar-refractivity contribution in [2.45, 2.75) is 12.8 Å². The summed E-state index contributed by atoms with van der Waals surface area (Å²) in [4.78, 5) is 37.9. The molecule has 2 saturated heterocycles. The Labute approximate surface area is 164 Å². The molecule has 0 saturated carbocycles. The summed E-state index contributed by atoms with van der Waals surface area (Å²) < 4.78 is 0. The van der Waals surface area contributed by atoms with E-state index in [9.17, 15) is 9.59 Å². The molecule has 2 fully saturated rings. The fourth-order valence-electron chi connectivity index (χ4n) is 3.59. The zero-order valence-electron chi connectivity index (χ0n) is 15.8. The maximum atomic E-state index is 12.7. The third-order valence-corrected chi connectivity index (χ3v) is 5.22. The number of aromatic nitrogens is 2. The molecule has 8 nitrogen and oxygen atoms in total. The highest BCUT2D eigenvalue weighted by Crippen LogP contribution is 2.23. The van der Waals surface area contributed by atoms with Gasteiger partial charge in [0.25, 0.3) is 5.91 Å². The van der Waals surface area contributed by atoms with Gasteiger partial charge in [-0.05, 0) is 43.2 Å². The van der Waals surface area contributed by atoms with Crippen LogP contribution in [0.1, 0.15) is 23.3 Å². The average molecular weight is 380 g/mol. The molecular weight excluding hydrogens is 356 g/mol. The first kappa shape index (κ1) is 18.2. The Hall–Kier alpha value is -3.16. The van der Waals surface area contributed by atoms with Gasteiger partial charge in [-0.1, -0.05) is 0 Å². The van der Waals surface area contributed by atoms with Gasteiger partial charge >= 0.3 is 0 Å². The third-order valence-electron chi connectivity index (χ3n) is 5.22. The van der Waals surface area contributed by atoms with Crippen molar-refractivity contribution in [2.24, 2.45) is 0 Å². The molecule has 28 heavy (non-hydrogen) atoms. The first-order chi connectivity index (χ1) is 13.7. The van der Waals surface area contributed by atoms with Gasteiger partial charge in [0, 0.05) is 56.8 Å². The number of carbonyl (C=O) groups is 2. The van der Waals surface area contributed by atoms with E-state index in [0.717, 1.165) is 25.2 Å². The largest absolute Gasteiger partial charge is 0.372 e. The summed E-state index contributed by atoms with van der Waals surface area (Å²) in [6.45, 7) is 4.36. The van der Waals surface area contributed by atoms with E-state index in [-0.39, 0.29) is 5.91 Å². The second-order valence-corrected chi connectivity index (χ2v) is 7.07. The Kier molecular flexibility index (Phi) is 5.36. The van der Waals surface area contributed by atoms with Gasteiger partial charge in [0.1, 0.15) is 5.69 Å². The highest BCUT2D eigenvalue weighted by molar-refractivity contribution is 5.92. The molecular formula is C20H24N6O2. The highest BCUT2D eigenvalue weighted by Gasteiger charge is 2.22. The van der Waals surface area contributed by atoms with Gasteiger partial charge in [-0.3, -0.25) is 9.59 Å². The van der Waals surface area contributed by atoms with Crippen LogP contribution in [-0.4, -0.2) is 71.4 Å². The lowest BCUT2D eigenvalue weighted by atomic mass is 10.2. The fraction of sp³-hybridized carbons (Fsp3) is 0.400. The molecule has 4 rings (SSSR count). The van der Waals surface area contributed by atoms with Crippen molar-refractivity contribution >= 4 is 29.6 Å². The first-order valence-electron chi connectivity index (χ1n) is 9.67. The molecule has 1 N–H and O–H groups in total. The molecule has 146 valence electrons. The smallest absolute Gasteiger partial charge is 0.272 e. The van der Waals surface area contributed by atoms with Crippen LogP contribution in [0.4, 0.5) is 17.3 Å². The van der Waals surface area contributed by atoms with Crippen LogP contribution in [0.15, 0.2) is 36.5 Å². The Bertz CT molecular complexity index is 827. The lowest BCUT2D eigenvalue weighted by Crippen LogP contribution is -2.48. The van der Waals surface area contributed by atoms with E-state index in [0.29, 0.717) is 37.8 Å². The van der Waals surface area contributed by atoms with E-state index >= 15 is 0 Å². The van der Waals surface area contributed by atoms with Crippen molar-refractivity contribution in [2.75, 3.05) is 49.5 Å². The number of piperazine rings is 1. The van der Waals surface area contributed by atoms with Crippen LogP contribution < -0.4 is 10.2 Å². The Morgan fingerprint density at radius 3 is 2.36 bits per heavy atom. The second-order valence-electron chi connectivity index (χ2n) is 7.07. The van der Waals surface area contributed by atoms with Crippen LogP contribution >= 0.6 is 0 Å². The standard InChI is InChI=1S/C20H24N6O2/c27-15-24-11-13-26(14-12-24)19(28)18-7-8-21-20(23-18)22-16-3-5-17(6-4-16)25-9-1-2-10-25/h3-8,15H,1-2,9-14H2,(H,21,22,23). The van der Waals surface area contributed by atoms with E-state index < -0.39 is 0 Å². The summed E-state index contributed by atoms with van der Waals surface area (Å²) in [5.74, 6) is 0.256. The number of nitrogens with zero attached hydrogens (tertiary/aromatic N) is 5. The number of amides is 2. The molecule has 1 aromatic heterocycles. The summed E-state index contributed by atoms with van der Waals surface area (Å²) in [5, 5.41) is 3.17. The van der Waals surface area contributed by atoms with Crippen LogP contribution in [0.3, 0.4) is 0 Å². The number of hydrogen-bond donors (Lipinski definition) is 1. The van der Waals surface area contributed by atoms with Crippen LogP contribution in [-0.2, 0) is 4.79 Å². The molecule has 0 aliphatic carbocycles. The summed E-state index contributed by atoms with van der Waals surface area (Å²) >= 11 is 0. The summed E-state index contributed by atoms with van der Waals surface area (Å²) in [6, 6.07) is 9.81.